The topological polar surface area (TPSA) is 89.6 Å². The van der Waals surface area contributed by atoms with Gasteiger partial charge in [-0.2, -0.15) is 0 Å². The van der Waals surface area contributed by atoms with E-state index in [0.717, 1.165) is 0 Å². The van der Waals surface area contributed by atoms with Crippen LogP contribution < -0.4 is 10.5 Å². The number of rotatable bonds is 5. The zero-order valence-corrected chi connectivity index (χ0v) is 9.34. The van der Waals surface area contributed by atoms with E-state index >= 15 is 0 Å². The van der Waals surface area contributed by atoms with Gasteiger partial charge in [-0.3, -0.25) is 9.59 Å². The molecule has 1 aromatic carbocycles. The smallest absolute Gasteiger partial charge is 0.308 e. The number of nitrogens with two attached hydrogens (primary N) is 1. The Kier molecular flexibility index (Phi) is 4.28. The lowest BCUT2D eigenvalue weighted by Gasteiger charge is -2.03. The zero-order valence-electron chi connectivity index (χ0n) is 9.34. The summed E-state index contributed by atoms with van der Waals surface area (Å²) in [6.45, 7) is 0. The van der Waals surface area contributed by atoms with Gasteiger partial charge in [-0.05, 0) is 23.8 Å². The molecule has 0 radical (unpaired) electrons. The highest BCUT2D eigenvalue weighted by Gasteiger charge is 2.09. The van der Waals surface area contributed by atoms with E-state index in [-0.39, 0.29) is 5.57 Å². The molecule has 0 saturated heterocycles. The Hall–Kier alpha value is -2.30. The minimum absolute atomic E-state index is 0.0470. The predicted octanol–water partition coefficient (Wildman–Crippen LogP) is 1.04. The molecule has 0 unspecified atom stereocenters. The second kappa shape index (κ2) is 5.69. The lowest BCUT2D eigenvalue weighted by atomic mass is 10.1. The Labute approximate surface area is 98.5 Å². The lowest BCUT2D eigenvalue weighted by Crippen LogP contribution is -2.16. The van der Waals surface area contributed by atoms with Crippen LogP contribution in [0.25, 0.3) is 6.08 Å². The molecule has 0 saturated carbocycles. The van der Waals surface area contributed by atoms with Gasteiger partial charge in [-0.1, -0.05) is 12.1 Å². The Morgan fingerprint density at radius 1 is 1.47 bits per heavy atom. The fraction of sp³-hybridized carbons (Fsp3) is 0.167. The third kappa shape index (κ3) is 3.98. The fourth-order valence-electron chi connectivity index (χ4n) is 1.30. The Bertz CT molecular complexity index is 465. The molecule has 0 bridgehead atoms. The van der Waals surface area contributed by atoms with Crippen LogP contribution in [-0.2, 0) is 9.59 Å². The molecule has 0 aliphatic rings. The van der Waals surface area contributed by atoms with Crippen LogP contribution in [-0.4, -0.2) is 24.1 Å². The lowest BCUT2D eigenvalue weighted by molar-refractivity contribution is -0.136. The first kappa shape index (κ1) is 12.8. The van der Waals surface area contributed by atoms with Crippen molar-refractivity contribution in [1.82, 2.24) is 0 Å². The summed E-state index contributed by atoms with van der Waals surface area (Å²) in [5.41, 5.74) is 5.81. The second-order valence-corrected chi connectivity index (χ2v) is 3.38. The molecule has 1 rings (SSSR count). The first-order valence-corrected chi connectivity index (χ1v) is 4.89. The Morgan fingerprint density at radius 3 is 2.71 bits per heavy atom. The number of carboxylic acids is 1. The van der Waals surface area contributed by atoms with E-state index in [1.54, 1.807) is 24.3 Å². The fourth-order valence-corrected chi connectivity index (χ4v) is 1.30. The van der Waals surface area contributed by atoms with Crippen molar-refractivity contribution in [2.45, 2.75) is 6.42 Å². The largest absolute Gasteiger partial charge is 0.497 e. The molecule has 0 atom stereocenters. The first-order chi connectivity index (χ1) is 8.02. The number of carboxylic acid groups (broad SMARTS) is 1. The van der Waals surface area contributed by atoms with Gasteiger partial charge in [0.2, 0.25) is 5.91 Å². The van der Waals surface area contributed by atoms with Crippen molar-refractivity contribution < 1.29 is 19.4 Å². The van der Waals surface area contributed by atoms with E-state index in [1.807, 2.05) is 0 Å². The number of hydrogen-bond acceptors (Lipinski definition) is 3. The number of hydrogen-bond donors (Lipinski definition) is 2. The summed E-state index contributed by atoms with van der Waals surface area (Å²) in [7, 11) is 1.52. The van der Waals surface area contributed by atoms with Crippen molar-refractivity contribution in [2.24, 2.45) is 5.73 Å². The maximum absolute atomic E-state index is 11.1. The normalized spacial score (nSPS) is 11.0. The van der Waals surface area contributed by atoms with E-state index in [0.29, 0.717) is 11.3 Å². The summed E-state index contributed by atoms with van der Waals surface area (Å²) >= 11 is 0. The molecular weight excluding hydrogens is 222 g/mol. The number of ether oxygens (including phenoxy) is 1. The van der Waals surface area contributed by atoms with Gasteiger partial charge >= 0.3 is 5.97 Å². The van der Waals surface area contributed by atoms with Crippen molar-refractivity contribution in [2.75, 3.05) is 7.11 Å². The molecule has 5 nitrogen and oxygen atoms in total. The molecule has 0 fully saturated rings. The molecule has 0 heterocycles. The minimum atomic E-state index is -1.10. The zero-order chi connectivity index (χ0) is 12.8. The number of carbonyl (C=O) groups excluding carboxylic acids is 1. The van der Waals surface area contributed by atoms with Gasteiger partial charge in [0.15, 0.2) is 0 Å². The molecular formula is C12H13NO4. The number of carbonyl (C=O) groups is 2. The third-order valence-corrected chi connectivity index (χ3v) is 2.09. The summed E-state index contributed by atoms with van der Waals surface area (Å²) in [6.07, 6.45) is 1.05. The van der Waals surface area contributed by atoms with E-state index in [4.69, 9.17) is 15.6 Å². The number of methoxy groups -OCH3 is 1. The Morgan fingerprint density at radius 2 is 2.18 bits per heavy atom. The third-order valence-electron chi connectivity index (χ3n) is 2.09. The van der Waals surface area contributed by atoms with Crippen LogP contribution in [0, 0.1) is 0 Å². The maximum atomic E-state index is 11.1. The van der Waals surface area contributed by atoms with Crippen LogP contribution in [0.1, 0.15) is 12.0 Å². The van der Waals surface area contributed by atoms with Gasteiger partial charge < -0.3 is 15.6 Å². The number of aliphatic carboxylic acids is 1. The van der Waals surface area contributed by atoms with Crippen molar-refractivity contribution in [1.29, 1.82) is 0 Å². The predicted molar refractivity (Wildman–Crippen MR) is 62.4 cm³/mol. The van der Waals surface area contributed by atoms with Crippen LogP contribution in [0.2, 0.25) is 0 Å². The highest BCUT2D eigenvalue weighted by atomic mass is 16.5. The molecule has 17 heavy (non-hydrogen) atoms. The van der Waals surface area contributed by atoms with Crippen molar-refractivity contribution in [3.63, 3.8) is 0 Å². The van der Waals surface area contributed by atoms with Crippen LogP contribution in [0.15, 0.2) is 29.8 Å². The minimum Gasteiger partial charge on any atom is -0.497 e. The molecule has 1 aromatic rings. The molecule has 0 aromatic heterocycles. The maximum Gasteiger partial charge on any atom is 0.308 e. The highest BCUT2D eigenvalue weighted by Crippen LogP contribution is 2.16. The molecule has 0 aliphatic carbocycles. The van der Waals surface area contributed by atoms with Gasteiger partial charge in [-0.15, -0.1) is 0 Å². The van der Waals surface area contributed by atoms with Crippen LogP contribution in [0.3, 0.4) is 0 Å². The highest BCUT2D eigenvalue weighted by molar-refractivity contribution is 6.00. The van der Waals surface area contributed by atoms with Crippen molar-refractivity contribution >= 4 is 18.0 Å². The monoisotopic (exact) mass is 235 g/mol. The van der Waals surface area contributed by atoms with E-state index in [2.05, 4.69) is 0 Å². The summed E-state index contributed by atoms with van der Waals surface area (Å²) < 4.78 is 5.02. The van der Waals surface area contributed by atoms with Gasteiger partial charge in [0, 0.05) is 5.57 Å². The number of benzene rings is 1. The molecule has 5 heteroatoms. The number of amides is 1. The average molecular weight is 235 g/mol. The van der Waals surface area contributed by atoms with E-state index in [9.17, 15) is 9.59 Å². The van der Waals surface area contributed by atoms with E-state index in [1.165, 1.54) is 13.2 Å². The van der Waals surface area contributed by atoms with Gasteiger partial charge in [-0.25, -0.2) is 0 Å². The number of primary amides is 1. The van der Waals surface area contributed by atoms with Crippen molar-refractivity contribution in [3.05, 3.63) is 35.4 Å². The van der Waals surface area contributed by atoms with Gasteiger partial charge in [0.25, 0.3) is 0 Å². The second-order valence-electron chi connectivity index (χ2n) is 3.38. The SMILES string of the molecule is COc1cccc(C=C(CC(=O)O)C(N)=O)c1. The van der Waals surface area contributed by atoms with Crippen LogP contribution in [0.4, 0.5) is 0 Å². The molecule has 0 spiro atoms. The standard InChI is InChI=1S/C12H13NO4/c1-17-10-4-2-3-8(6-10)5-9(12(13)16)7-11(14)15/h2-6H,7H2,1H3,(H2,13,16)(H,14,15). The summed E-state index contributed by atoms with van der Waals surface area (Å²) in [6, 6.07) is 6.90. The molecule has 0 aliphatic heterocycles. The van der Waals surface area contributed by atoms with Crippen LogP contribution >= 0.6 is 0 Å². The van der Waals surface area contributed by atoms with Crippen LogP contribution in [0.5, 0.6) is 5.75 Å². The summed E-state index contributed by atoms with van der Waals surface area (Å²) in [4.78, 5) is 21.6. The molecule has 90 valence electrons. The Balaban J connectivity index is 3.03. The first-order valence-electron chi connectivity index (χ1n) is 4.89. The van der Waals surface area contributed by atoms with E-state index < -0.39 is 18.3 Å². The van der Waals surface area contributed by atoms with Gasteiger partial charge in [0.05, 0.1) is 13.5 Å². The summed E-state index contributed by atoms with van der Waals surface area (Å²) in [5, 5.41) is 8.64. The average Bonchev–Trinajstić information content (AvgIpc) is 2.27. The quantitative estimate of drug-likeness (QED) is 0.746. The molecule has 1 amide bonds. The molecule has 3 N–H and O–H groups in total. The van der Waals surface area contributed by atoms with Gasteiger partial charge in [0.1, 0.15) is 5.75 Å². The summed E-state index contributed by atoms with van der Waals surface area (Å²) in [5.74, 6) is -1.22. The van der Waals surface area contributed by atoms with Crippen molar-refractivity contribution in [3.8, 4) is 5.75 Å².